The monoisotopic (exact) mass is 390 g/mol. The van der Waals surface area contributed by atoms with Crippen molar-refractivity contribution in [3.05, 3.63) is 48.0 Å². The summed E-state index contributed by atoms with van der Waals surface area (Å²) < 4.78 is 33.0. The minimum Gasteiger partial charge on any atom is -0.507 e. The van der Waals surface area contributed by atoms with Crippen molar-refractivity contribution in [1.29, 1.82) is 0 Å². The molecule has 2 aromatic rings. The number of benzene rings is 2. The third kappa shape index (κ3) is 6.37. The minimum absolute atomic E-state index is 0.0468. The Morgan fingerprint density at radius 3 is 2.56 bits per heavy atom. The molecule has 0 aliphatic carbocycles. The zero-order valence-electron chi connectivity index (χ0n) is 16.1. The molecule has 6 nitrogen and oxygen atoms in total. The summed E-state index contributed by atoms with van der Waals surface area (Å²) in [4.78, 5) is 4.42. The van der Waals surface area contributed by atoms with Crippen molar-refractivity contribution in [2.45, 2.75) is 44.6 Å². The molecule has 2 N–H and O–H groups in total. The van der Waals surface area contributed by atoms with E-state index in [1.807, 2.05) is 6.92 Å². The zero-order chi connectivity index (χ0) is 20.1. The molecule has 0 bridgehead atoms. The predicted octanol–water partition coefficient (Wildman–Crippen LogP) is 4.01. The van der Waals surface area contributed by atoms with E-state index in [1.54, 1.807) is 45.0 Å². The molecule has 2 aromatic carbocycles. The summed E-state index contributed by atoms with van der Waals surface area (Å²) in [6.45, 7) is 7.93. The first kappa shape index (κ1) is 20.9. The van der Waals surface area contributed by atoms with Crippen molar-refractivity contribution in [2.75, 3.05) is 6.61 Å². The standard InChI is InChI=1S/C20H26N2O4S/c1-5-11-26-17-10-9-15(19(23)13-17)14-21-16-7-6-8-18(12-16)27(24,25)22-20(2,3)4/h6-10,12-14,22-23H,5,11H2,1-4H3. The van der Waals surface area contributed by atoms with Crippen molar-refractivity contribution in [1.82, 2.24) is 4.72 Å². The molecule has 0 saturated carbocycles. The molecule has 0 atom stereocenters. The summed E-state index contributed by atoms with van der Waals surface area (Å²) in [6.07, 6.45) is 2.37. The lowest BCUT2D eigenvalue weighted by Gasteiger charge is -2.20. The fourth-order valence-electron chi connectivity index (χ4n) is 2.28. The number of nitrogens with zero attached hydrogens (tertiary/aromatic N) is 1. The Balaban J connectivity index is 2.21. The highest BCUT2D eigenvalue weighted by molar-refractivity contribution is 7.89. The Morgan fingerprint density at radius 2 is 1.93 bits per heavy atom. The quantitative estimate of drug-likeness (QED) is 0.699. The average Bonchev–Trinajstić information content (AvgIpc) is 2.57. The molecule has 146 valence electrons. The SMILES string of the molecule is CCCOc1ccc(C=Nc2cccc(S(=O)(=O)NC(C)(C)C)c2)c(O)c1. The maximum absolute atomic E-state index is 12.4. The fourth-order valence-corrected chi connectivity index (χ4v) is 3.74. The Hall–Kier alpha value is -2.38. The van der Waals surface area contributed by atoms with Crippen LogP contribution in [0.25, 0.3) is 0 Å². The van der Waals surface area contributed by atoms with Crippen LogP contribution in [0.2, 0.25) is 0 Å². The van der Waals surface area contributed by atoms with Gasteiger partial charge in [-0.15, -0.1) is 0 Å². The van der Waals surface area contributed by atoms with Gasteiger partial charge in [0.2, 0.25) is 10.0 Å². The van der Waals surface area contributed by atoms with E-state index in [0.29, 0.717) is 23.6 Å². The van der Waals surface area contributed by atoms with E-state index in [0.717, 1.165) is 6.42 Å². The number of ether oxygens (including phenoxy) is 1. The molecule has 0 aromatic heterocycles. The molecule has 27 heavy (non-hydrogen) atoms. The van der Waals surface area contributed by atoms with Gasteiger partial charge in [-0.25, -0.2) is 13.1 Å². The van der Waals surface area contributed by atoms with Crippen LogP contribution in [0.4, 0.5) is 5.69 Å². The van der Waals surface area contributed by atoms with Crippen LogP contribution in [0.15, 0.2) is 52.4 Å². The number of sulfonamides is 1. The maximum atomic E-state index is 12.4. The summed E-state index contributed by atoms with van der Waals surface area (Å²) in [6, 6.07) is 11.3. The highest BCUT2D eigenvalue weighted by atomic mass is 32.2. The molecular weight excluding hydrogens is 364 g/mol. The van der Waals surface area contributed by atoms with Gasteiger partial charge in [0.15, 0.2) is 0 Å². The van der Waals surface area contributed by atoms with Crippen molar-refractivity contribution in [3.63, 3.8) is 0 Å². The molecule has 0 aliphatic heterocycles. The van der Waals surface area contributed by atoms with Crippen LogP contribution < -0.4 is 9.46 Å². The van der Waals surface area contributed by atoms with Gasteiger partial charge in [0, 0.05) is 23.4 Å². The molecule has 0 saturated heterocycles. The number of rotatable bonds is 7. The third-order valence-corrected chi connectivity index (χ3v) is 5.15. The summed E-state index contributed by atoms with van der Waals surface area (Å²) in [7, 11) is -3.64. The minimum atomic E-state index is -3.64. The maximum Gasteiger partial charge on any atom is 0.241 e. The van der Waals surface area contributed by atoms with Crippen LogP contribution in [0.5, 0.6) is 11.5 Å². The first-order chi connectivity index (χ1) is 12.6. The van der Waals surface area contributed by atoms with E-state index in [2.05, 4.69) is 9.71 Å². The van der Waals surface area contributed by atoms with Crippen molar-refractivity contribution in [2.24, 2.45) is 4.99 Å². The number of phenolic OH excluding ortho intramolecular Hbond substituents is 1. The molecule has 0 aliphatic rings. The van der Waals surface area contributed by atoms with E-state index in [-0.39, 0.29) is 10.6 Å². The number of aromatic hydroxyl groups is 1. The number of hydrogen-bond donors (Lipinski definition) is 2. The van der Waals surface area contributed by atoms with E-state index in [1.165, 1.54) is 24.4 Å². The highest BCUT2D eigenvalue weighted by Gasteiger charge is 2.21. The molecule has 0 unspecified atom stereocenters. The lowest BCUT2D eigenvalue weighted by molar-refractivity contribution is 0.315. The van der Waals surface area contributed by atoms with Gasteiger partial charge in [0.25, 0.3) is 0 Å². The first-order valence-corrected chi connectivity index (χ1v) is 10.2. The van der Waals surface area contributed by atoms with Crippen LogP contribution >= 0.6 is 0 Å². The summed E-state index contributed by atoms with van der Waals surface area (Å²) in [5.74, 6) is 0.637. The number of nitrogens with one attached hydrogen (secondary N) is 1. The third-order valence-electron chi connectivity index (χ3n) is 3.40. The van der Waals surface area contributed by atoms with Crippen LogP contribution in [0.1, 0.15) is 39.7 Å². The molecule has 0 fully saturated rings. The van der Waals surface area contributed by atoms with Gasteiger partial charge in [-0.05, 0) is 57.5 Å². The van der Waals surface area contributed by atoms with E-state index >= 15 is 0 Å². The molecule has 0 heterocycles. The molecule has 2 rings (SSSR count). The van der Waals surface area contributed by atoms with Gasteiger partial charge in [0.05, 0.1) is 17.2 Å². The second-order valence-electron chi connectivity index (χ2n) is 7.18. The molecule has 0 spiro atoms. The van der Waals surface area contributed by atoms with Crippen LogP contribution in [-0.2, 0) is 10.0 Å². The van der Waals surface area contributed by atoms with Crippen LogP contribution in [-0.4, -0.2) is 31.9 Å². The Kier molecular flexibility index (Phi) is 6.62. The Morgan fingerprint density at radius 1 is 1.19 bits per heavy atom. The summed E-state index contributed by atoms with van der Waals surface area (Å²) in [5, 5.41) is 10.1. The largest absolute Gasteiger partial charge is 0.507 e. The van der Waals surface area contributed by atoms with Crippen molar-refractivity contribution < 1.29 is 18.3 Å². The van der Waals surface area contributed by atoms with Gasteiger partial charge in [0.1, 0.15) is 11.5 Å². The fraction of sp³-hybridized carbons (Fsp3) is 0.350. The van der Waals surface area contributed by atoms with Gasteiger partial charge in [-0.1, -0.05) is 13.0 Å². The van der Waals surface area contributed by atoms with E-state index in [4.69, 9.17) is 4.74 Å². The molecule has 0 radical (unpaired) electrons. The number of aliphatic imine (C=N–C) groups is 1. The number of hydrogen-bond acceptors (Lipinski definition) is 5. The lowest BCUT2D eigenvalue weighted by Crippen LogP contribution is -2.40. The summed E-state index contributed by atoms with van der Waals surface area (Å²) >= 11 is 0. The molecule has 7 heteroatoms. The molecule has 0 amide bonds. The number of phenols is 1. The van der Waals surface area contributed by atoms with Gasteiger partial charge in [-0.3, -0.25) is 4.99 Å². The Bertz CT molecular complexity index is 916. The van der Waals surface area contributed by atoms with Gasteiger partial charge >= 0.3 is 0 Å². The van der Waals surface area contributed by atoms with E-state index < -0.39 is 15.6 Å². The highest BCUT2D eigenvalue weighted by Crippen LogP contribution is 2.24. The van der Waals surface area contributed by atoms with Gasteiger partial charge in [-0.2, -0.15) is 0 Å². The summed E-state index contributed by atoms with van der Waals surface area (Å²) in [5.41, 5.74) is 0.406. The lowest BCUT2D eigenvalue weighted by atomic mass is 10.1. The van der Waals surface area contributed by atoms with Crippen LogP contribution in [0, 0.1) is 0 Å². The second-order valence-corrected chi connectivity index (χ2v) is 8.86. The van der Waals surface area contributed by atoms with Crippen LogP contribution in [0.3, 0.4) is 0 Å². The second kappa shape index (κ2) is 8.54. The Labute approximate surface area is 161 Å². The molecular formula is C20H26N2O4S. The van der Waals surface area contributed by atoms with E-state index in [9.17, 15) is 13.5 Å². The van der Waals surface area contributed by atoms with Crippen molar-refractivity contribution >= 4 is 21.9 Å². The average molecular weight is 391 g/mol. The van der Waals surface area contributed by atoms with Crippen molar-refractivity contribution in [3.8, 4) is 11.5 Å². The first-order valence-electron chi connectivity index (χ1n) is 8.74. The topological polar surface area (TPSA) is 88.0 Å². The zero-order valence-corrected chi connectivity index (χ0v) is 16.9. The normalized spacial score (nSPS) is 12.4. The van der Waals surface area contributed by atoms with Gasteiger partial charge < -0.3 is 9.84 Å². The smallest absolute Gasteiger partial charge is 0.241 e. The predicted molar refractivity (Wildman–Crippen MR) is 108 cm³/mol.